The summed E-state index contributed by atoms with van der Waals surface area (Å²) in [6, 6.07) is 61.0. The van der Waals surface area contributed by atoms with Crippen LogP contribution in [0.2, 0.25) is 0 Å². The van der Waals surface area contributed by atoms with Crippen molar-refractivity contribution < 1.29 is 4.42 Å². The van der Waals surface area contributed by atoms with Crippen molar-refractivity contribution in [1.82, 2.24) is 0 Å². The summed E-state index contributed by atoms with van der Waals surface area (Å²) in [7, 11) is 0. The third-order valence-electron chi connectivity index (χ3n) is 11.3. The van der Waals surface area contributed by atoms with Gasteiger partial charge in [0, 0.05) is 33.8 Å². The lowest BCUT2D eigenvalue weighted by Crippen LogP contribution is -2.34. The molecule has 0 fully saturated rings. The lowest BCUT2D eigenvalue weighted by atomic mass is 9.63. The highest BCUT2D eigenvalue weighted by Gasteiger charge is 2.37. The van der Waals surface area contributed by atoms with Crippen LogP contribution in [0.25, 0.3) is 33.1 Å². The molecule has 0 bridgehead atoms. The van der Waals surface area contributed by atoms with Gasteiger partial charge >= 0.3 is 0 Å². The predicted molar refractivity (Wildman–Crippen MR) is 224 cm³/mol. The molecule has 53 heavy (non-hydrogen) atoms. The maximum absolute atomic E-state index is 6.30. The predicted octanol–water partition coefficient (Wildman–Crippen LogP) is 14.5. The molecule has 7 aromatic carbocycles. The van der Waals surface area contributed by atoms with Crippen LogP contribution in [-0.2, 0) is 10.8 Å². The summed E-state index contributed by atoms with van der Waals surface area (Å²) in [5.41, 5.74) is 14.1. The molecule has 1 heterocycles. The number of rotatable bonds is 7. The van der Waals surface area contributed by atoms with E-state index in [4.69, 9.17) is 4.42 Å². The van der Waals surface area contributed by atoms with Crippen LogP contribution in [0.5, 0.6) is 0 Å². The summed E-state index contributed by atoms with van der Waals surface area (Å²) in [5, 5.41) is 2.22. The van der Waals surface area contributed by atoms with E-state index in [2.05, 4.69) is 195 Å². The number of hydrogen-bond acceptors (Lipinski definition) is 3. The van der Waals surface area contributed by atoms with Crippen molar-refractivity contribution in [2.75, 3.05) is 9.80 Å². The van der Waals surface area contributed by atoms with Crippen LogP contribution < -0.4 is 9.80 Å². The zero-order valence-corrected chi connectivity index (χ0v) is 30.9. The zero-order valence-electron chi connectivity index (χ0n) is 30.9. The molecule has 0 saturated carbocycles. The highest BCUT2D eigenvalue weighted by molar-refractivity contribution is 6.13. The number of fused-ring (bicyclic) bond motifs is 4. The van der Waals surface area contributed by atoms with Crippen LogP contribution in [-0.4, -0.2) is 0 Å². The average Bonchev–Trinajstić information content (AvgIpc) is 3.58. The monoisotopic (exact) mass is 688 g/mol. The molecule has 0 radical (unpaired) electrons. The molecule has 9 rings (SSSR count). The number of hydrogen-bond donors (Lipinski definition) is 0. The third-order valence-corrected chi connectivity index (χ3v) is 11.3. The Balaban J connectivity index is 1.12. The number of nitrogens with zero attached hydrogens (tertiary/aromatic N) is 2. The van der Waals surface area contributed by atoms with Gasteiger partial charge in [-0.1, -0.05) is 119 Å². The van der Waals surface area contributed by atoms with Crippen LogP contribution in [0.3, 0.4) is 0 Å². The van der Waals surface area contributed by atoms with E-state index in [0.29, 0.717) is 0 Å². The van der Waals surface area contributed by atoms with E-state index in [9.17, 15) is 0 Å². The molecule has 0 atom stereocenters. The minimum absolute atomic E-state index is 0.122. The minimum atomic E-state index is 0.122. The first-order chi connectivity index (χ1) is 25.8. The SMILES string of the molecule is CC1(C)CCC(C)(C)c2cc(N(c3ccccc3)c3cccc(-c4ccc(N(c5ccccc5)c5cccc6oc7ccccc7c56)cc4)c3)ccc21. The van der Waals surface area contributed by atoms with Crippen molar-refractivity contribution in [3.63, 3.8) is 0 Å². The van der Waals surface area contributed by atoms with Gasteiger partial charge in [0.1, 0.15) is 11.2 Å². The molecule has 0 saturated heterocycles. The summed E-state index contributed by atoms with van der Waals surface area (Å²) >= 11 is 0. The second-order valence-electron chi connectivity index (χ2n) is 15.7. The van der Waals surface area contributed by atoms with Gasteiger partial charge < -0.3 is 14.2 Å². The molecule has 0 N–H and O–H groups in total. The third kappa shape index (κ3) is 5.87. The summed E-state index contributed by atoms with van der Waals surface area (Å²) in [6.07, 6.45) is 2.39. The van der Waals surface area contributed by atoms with Crippen molar-refractivity contribution in [1.29, 1.82) is 0 Å². The van der Waals surface area contributed by atoms with Crippen LogP contribution in [0, 0.1) is 0 Å². The number of para-hydroxylation sites is 3. The molecule has 1 aromatic heterocycles. The second kappa shape index (κ2) is 12.9. The van der Waals surface area contributed by atoms with E-state index in [1.165, 1.54) is 35.2 Å². The van der Waals surface area contributed by atoms with Gasteiger partial charge in [-0.25, -0.2) is 0 Å². The van der Waals surface area contributed by atoms with Crippen molar-refractivity contribution in [3.8, 4) is 11.1 Å². The maximum atomic E-state index is 6.30. The number of anilines is 6. The normalized spacial score (nSPS) is 14.6. The molecule has 3 nitrogen and oxygen atoms in total. The first kappa shape index (κ1) is 32.8. The number of furan rings is 1. The lowest BCUT2D eigenvalue weighted by Gasteiger charge is -2.42. The lowest BCUT2D eigenvalue weighted by molar-refractivity contribution is 0.332. The molecule has 1 aliphatic carbocycles. The largest absolute Gasteiger partial charge is 0.456 e. The smallest absolute Gasteiger partial charge is 0.137 e. The van der Waals surface area contributed by atoms with Crippen molar-refractivity contribution >= 4 is 56.1 Å². The van der Waals surface area contributed by atoms with E-state index in [1.54, 1.807) is 0 Å². The maximum Gasteiger partial charge on any atom is 0.137 e. The van der Waals surface area contributed by atoms with Crippen LogP contribution >= 0.6 is 0 Å². The highest BCUT2D eigenvalue weighted by Crippen LogP contribution is 2.49. The van der Waals surface area contributed by atoms with Crippen molar-refractivity contribution in [3.05, 3.63) is 181 Å². The van der Waals surface area contributed by atoms with Gasteiger partial charge in [-0.3, -0.25) is 0 Å². The molecule has 0 aliphatic heterocycles. The molecule has 0 unspecified atom stereocenters. The van der Waals surface area contributed by atoms with E-state index in [-0.39, 0.29) is 10.8 Å². The van der Waals surface area contributed by atoms with Gasteiger partial charge in [-0.05, 0) is 125 Å². The Bertz CT molecular complexity index is 2560. The fraction of sp³-hybridized carbons (Fsp3) is 0.160. The van der Waals surface area contributed by atoms with Crippen LogP contribution in [0.1, 0.15) is 51.7 Å². The van der Waals surface area contributed by atoms with E-state index in [0.717, 1.165) is 55.9 Å². The molecular weight excluding hydrogens is 645 g/mol. The quantitative estimate of drug-likeness (QED) is 0.166. The summed E-state index contributed by atoms with van der Waals surface area (Å²) in [5.74, 6) is 0. The second-order valence-corrected chi connectivity index (χ2v) is 15.7. The Kier molecular flexibility index (Phi) is 7.96. The Morgan fingerprint density at radius 2 is 0.962 bits per heavy atom. The van der Waals surface area contributed by atoms with Crippen molar-refractivity contribution in [2.45, 2.75) is 51.4 Å². The summed E-state index contributed by atoms with van der Waals surface area (Å²) < 4.78 is 6.30. The Morgan fingerprint density at radius 1 is 0.415 bits per heavy atom. The minimum Gasteiger partial charge on any atom is -0.456 e. The first-order valence-electron chi connectivity index (χ1n) is 18.7. The molecule has 0 amide bonds. The Labute approximate surface area is 312 Å². The van der Waals surface area contributed by atoms with Gasteiger partial charge in [0.05, 0.1) is 11.1 Å². The van der Waals surface area contributed by atoms with Gasteiger partial charge in [-0.2, -0.15) is 0 Å². The van der Waals surface area contributed by atoms with Gasteiger partial charge in [0.2, 0.25) is 0 Å². The molecule has 260 valence electrons. The standard InChI is InChI=1S/C50H44N2O/c1-49(2)31-32-50(3,4)44-34-41(29-30-43(44)49)51(37-16-7-5-8-17-37)40-20-13-15-36(33-40)35-25-27-39(28-26-35)52(38-18-9-6-10-19-38)45-22-14-24-47-48(45)42-21-11-12-23-46(42)53-47/h5-30,33-34H,31-32H2,1-4H3. The van der Waals surface area contributed by atoms with E-state index < -0.39 is 0 Å². The van der Waals surface area contributed by atoms with Crippen LogP contribution in [0.15, 0.2) is 174 Å². The van der Waals surface area contributed by atoms with E-state index in [1.807, 2.05) is 12.1 Å². The topological polar surface area (TPSA) is 19.6 Å². The Hall–Kier alpha value is -6.06. The van der Waals surface area contributed by atoms with Gasteiger partial charge in [0.15, 0.2) is 0 Å². The zero-order chi connectivity index (χ0) is 36.2. The first-order valence-corrected chi connectivity index (χ1v) is 18.7. The van der Waals surface area contributed by atoms with Gasteiger partial charge in [0.25, 0.3) is 0 Å². The molecule has 3 heteroatoms. The highest BCUT2D eigenvalue weighted by atomic mass is 16.3. The molecule has 1 aliphatic rings. The fourth-order valence-electron chi connectivity index (χ4n) is 8.31. The van der Waals surface area contributed by atoms with Gasteiger partial charge in [-0.15, -0.1) is 0 Å². The average molecular weight is 689 g/mol. The summed E-state index contributed by atoms with van der Waals surface area (Å²) in [4.78, 5) is 4.74. The van der Waals surface area contributed by atoms with Crippen molar-refractivity contribution in [2.24, 2.45) is 0 Å². The molecular formula is C50H44N2O. The Morgan fingerprint density at radius 3 is 1.70 bits per heavy atom. The molecule has 0 spiro atoms. The number of benzene rings is 7. The summed E-state index contributed by atoms with van der Waals surface area (Å²) in [6.45, 7) is 9.59. The van der Waals surface area contributed by atoms with Crippen LogP contribution in [0.4, 0.5) is 34.1 Å². The van der Waals surface area contributed by atoms with E-state index >= 15 is 0 Å². The molecule has 8 aromatic rings. The fourth-order valence-corrected chi connectivity index (χ4v) is 8.31.